The Morgan fingerprint density at radius 3 is 2.44 bits per heavy atom. The number of aliphatic imine (C=N–C) groups is 1. The minimum Gasteiger partial charge on any atom is -0.357 e. The van der Waals surface area contributed by atoms with E-state index in [4.69, 9.17) is 23.2 Å². The zero-order valence-corrected chi connectivity index (χ0v) is 18.7. The second-order valence-corrected chi connectivity index (χ2v) is 6.32. The van der Waals surface area contributed by atoms with Crippen LogP contribution in [0.3, 0.4) is 0 Å². The Bertz CT molecular complexity index is 800. The SMILES string of the molecule is CCNC(=NCc1cn(C)nc1C(F)(F)F)NCc1cc(Cl)c(Cl)n1C.I. The van der Waals surface area contributed by atoms with Crippen molar-refractivity contribution >= 4 is 53.1 Å². The average Bonchev–Trinajstić information content (AvgIpc) is 3.05. The van der Waals surface area contributed by atoms with Gasteiger partial charge in [-0.25, -0.2) is 4.99 Å². The third kappa shape index (κ3) is 6.18. The fourth-order valence-corrected chi connectivity index (χ4v) is 2.75. The summed E-state index contributed by atoms with van der Waals surface area (Å²) in [4.78, 5) is 4.21. The molecular weight excluding hydrogens is 519 g/mol. The van der Waals surface area contributed by atoms with Gasteiger partial charge in [-0.05, 0) is 13.0 Å². The van der Waals surface area contributed by atoms with Crippen molar-refractivity contribution in [3.8, 4) is 0 Å². The van der Waals surface area contributed by atoms with E-state index in [1.54, 1.807) is 17.7 Å². The molecule has 2 N–H and O–H groups in total. The first-order valence-corrected chi connectivity index (χ1v) is 8.50. The molecule has 0 amide bonds. The van der Waals surface area contributed by atoms with Gasteiger partial charge in [-0.15, -0.1) is 24.0 Å². The van der Waals surface area contributed by atoms with Crippen molar-refractivity contribution in [2.24, 2.45) is 19.1 Å². The minimum atomic E-state index is -4.52. The molecule has 0 aliphatic carbocycles. The molecule has 0 spiro atoms. The van der Waals surface area contributed by atoms with Gasteiger partial charge in [0.1, 0.15) is 5.15 Å². The first-order valence-electron chi connectivity index (χ1n) is 7.75. The molecule has 2 rings (SSSR count). The minimum absolute atomic E-state index is 0. The molecule has 0 bridgehead atoms. The Labute approximate surface area is 182 Å². The van der Waals surface area contributed by atoms with Gasteiger partial charge in [0, 0.05) is 38.1 Å². The van der Waals surface area contributed by atoms with Crippen LogP contribution in [0.1, 0.15) is 23.9 Å². The molecule has 0 unspecified atom stereocenters. The third-order valence-corrected chi connectivity index (χ3v) is 4.42. The summed E-state index contributed by atoms with van der Waals surface area (Å²) in [6.45, 7) is 2.61. The van der Waals surface area contributed by atoms with E-state index in [-0.39, 0.29) is 36.1 Å². The highest BCUT2D eigenvalue weighted by Gasteiger charge is 2.36. The van der Waals surface area contributed by atoms with Crippen LogP contribution < -0.4 is 10.6 Å². The summed E-state index contributed by atoms with van der Waals surface area (Å²) in [6, 6.07) is 1.71. The molecular formula is C15H20Cl2F3IN6. The van der Waals surface area contributed by atoms with Gasteiger partial charge in [0.2, 0.25) is 0 Å². The van der Waals surface area contributed by atoms with Crippen molar-refractivity contribution in [1.82, 2.24) is 25.0 Å². The number of halogens is 6. The molecule has 27 heavy (non-hydrogen) atoms. The summed E-state index contributed by atoms with van der Waals surface area (Å²) < 4.78 is 41.9. The summed E-state index contributed by atoms with van der Waals surface area (Å²) in [5, 5.41) is 10.3. The Balaban J connectivity index is 0.00000364. The Kier molecular flexibility index (Phi) is 8.74. The first kappa shape index (κ1) is 23.9. The number of rotatable bonds is 5. The van der Waals surface area contributed by atoms with Gasteiger partial charge < -0.3 is 15.2 Å². The van der Waals surface area contributed by atoms with Crippen LogP contribution in [-0.4, -0.2) is 26.9 Å². The number of aromatic nitrogens is 3. The number of hydrogen-bond donors (Lipinski definition) is 2. The molecule has 0 aromatic carbocycles. The first-order chi connectivity index (χ1) is 12.1. The van der Waals surface area contributed by atoms with Gasteiger partial charge in [0.25, 0.3) is 0 Å². The summed E-state index contributed by atoms with van der Waals surface area (Å²) >= 11 is 12.0. The average molecular weight is 539 g/mol. The van der Waals surface area contributed by atoms with Crippen LogP contribution >= 0.6 is 47.2 Å². The molecule has 0 atom stereocenters. The Hall–Kier alpha value is -1.14. The lowest BCUT2D eigenvalue weighted by molar-refractivity contribution is -0.142. The van der Waals surface area contributed by atoms with Crippen molar-refractivity contribution in [3.05, 3.63) is 39.4 Å². The highest BCUT2D eigenvalue weighted by molar-refractivity contribution is 14.0. The fraction of sp³-hybridized carbons (Fsp3) is 0.467. The lowest BCUT2D eigenvalue weighted by Crippen LogP contribution is -2.37. The van der Waals surface area contributed by atoms with Gasteiger partial charge >= 0.3 is 6.18 Å². The summed E-state index contributed by atoms with van der Waals surface area (Å²) in [5.74, 6) is 0.373. The molecule has 0 saturated carbocycles. The van der Waals surface area contributed by atoms with Crippen LogP contribution in [-0.2, 0) is 33.4 Å². The monoisotopic (exact) mass is 538 g/mol. The molecule has 6 nitrogen and oxygen atoms in total. The largest absolute Gasteiger partial charge is 0.435 e. The topological polar surface area (TPSA) is 59.2 Å². The number of alkyl halides is 3. The molecule has 0 aliphatic rings. The van der Waals surface area contributed by atoms with Gasteiger partial charge in [-0.3, -0.25) is 4.68 Å². The quantitative estimate of drug-likeness (QED) is 0.344. The van der Waals surface area contributed by atoms with Gasteiger partial charge in [0.15, 0.2) is 11.7 Å². The third-order valence-electron chi connectivity index (χ3n) is 3.58. The van der Waals surface area contributed by atoms with E-state index in [1.165, 1.54) is 13.2 Å². The second kappa shape index (κ2) is 9.87. The fourth-order valence-electron chi connectivity index (χ4n) is 2.33. The van der Waals surface area contributed by atoms with E-state index in [2.05, 4.69) is 20.7 Å². The van der Waals surface area contributed by atoms with E-state index in [0.717, 1.165) is 10.4 Å². The predicted molar refractivity (Wildman–Crippen MR) is 111 cm³/mol. The highest BCUT2D eigenvalue weighted by atomic mass is 127. The zero-order chi connectivity index (χ0) is 19.5. The number of nitrogens with one attached hydrogen (secondary N) is 2. The standard InChI is InChI=1S/C15H19Cl2F3N6.HI/c1-4-21-14(23-7-10-5-11(16)13(17)26(10)3)22-6-9-8-25(2)24-12(9)15(18,19)20;/h5,8H,4,6-7H2,1-3H3,(H2,21,22,23);1H. The van der Waals surface area contributed by atoms with E-state index < -0.39 is 11.9 Å². The molecule has 0 fully saturated rings. The Morgan fingerprint density at radius 1 is 1.26 bits per heavy atom. The number of aryl methyl sites for hydroxylation is 1. The van der Waals surface area contributed by atoms with Crippen molar-refractivity contribution < 1.29 is 13.2 Å². The van der Waals surface area contributed by atoms with Crippen LogP contribution in [0, 0.1) is 0 Å². The number of hydrogen-bond acceptors (Lipinski definition) is 2. The number of nitrogens with zero attached hydrogens (tertiary/aromatic N) is 4. The summed E-state index contributed by atoms with van der Waals surface area (Å²) in [6.07, 6.45) is -3.21. The van der Waals surface area contributed by atoms with Crippen LogP contribution in [0.15, 0.2) is 17.3 Å². The molecule has 12 heteroatoms. The van der Waals surface area contributed by atoms with E-state index in [1.807, 2.05) is 6.92 Å². The lowest BCUT2D eigenvalue weighted by Gasteiger charge is -2.12. The molecule has 0 radical (unpaired) electrons. The van der Waals surface area contributed by atoms with E-state index >= 15 is 0 Å². The van der Waals surface area contributed by atoms with Crippen molar-refractivity contribution in [2.45, 2.75) is 26.2 Å². The molecule has 0 saturated heterocycles. The number of guanidine groups is 1. The van der Waals surface area contributed by atoms with Crippen LogP contribution in [0.5, 0.6) is 0 Å². The van der Waals surface area contributed by atoms with Crippen molar-refractivity contribution in [3.63, 3.8) is 0 Å². The maximum Gasteiger partial charge on any atom is 0.435 e. The summed E-state index contributed by atoms with van der Waals surface area (Å²) in [5.41, 5.74) is -0.120. The van der Waals surface area contributed by atoms with E-state index in [9.17, 15) is 13.2 Å². The van der Waals surface area contributed by atoms with Gasteiger partial charge in [-0.2, -0.15) is 18.3 Å². The summed E-state index contributed by atoms with van der Waals surface area (Å²) in [7, 11) is 3.20. The van der Waals surface area contributed by atoms with Crippen LogP contribution in [0.4, 0.5) is 13.2 Å². The van der Waals surface area contributed by atoms with Crippen molar-refractivity contribution in [1.29, 1.82) is 0 Å². The molecule has 2 aromatic heterocycles. The highest BCUT2D eigenvalue weighted by Crippen LogP contribution is 2.30. The smallest absolute Gasteiger partial charge is 0.357 e. The maximum atomic E-state index is 13.0. The lowest BCUT2D eigenvalue weighted by atomic mass is 10.2. The molecule has 2 heterocycles. The molecule has 2 aromatic rings. The van der Waals surface area contributed by atoms with Crippen LogP contribution in [0.25, 0.3) is 0 Å². The molecule has 0 aliphatic heterocycles. The predicted octanol–water partition coefficient (Wildman–Crippen LogP) is 3.96. The van der Waals surface area contributed by atoms with Crippen LogP contribution in [0.2, 0.25) is 10.2 Å². The second-order valence-electron chi connectivity index (χ2n) is 5.56. The molecule has 152 valence electrons. The normalized spacial score (nSPS) is 12.1. The maximum absolute atomic E-state index is 13.0. The van der Waals surface area contributed by atoms with E-state index in [0.29, 0.717) is 29.2 Å². The van der Waals surface area contributed by atoms with Gasteiger partial charge in [0.05, 0.1) is 18.1 Å². The Morgan fingerprint density at radius 2 is 1.93 bits per heavy atom. The van der Waals surface area contributed by atoms with Crippen molar-refractivity contribution in [2.75, 3.05) is 6.54 Å². The zero-order valence-electron chi connectivity index (χ0n) is 14.9. The van der Waals surface area contributed by atoms with Gasteiger partial charge in [-0.1, -0.05) is 23.2 Å².